The molecule has 1 saturated heterocycles. The van der Waals surface area contributed by atoms with Gasteiger partial charge in [-0.1, -0.05) is 27.7 Å². The van der Waals surface area contributed by atoms with Crippen LogP contribution in [0.1, 0.15) is 27.7 Å². The predicted molar refractivity (Wildman–Crippen MR) is 81.4 cm³/mol. The monoisotopic (exact) mass is 261 g/mol. The molecule has 0 aromatic carbocycles. The largest absolute Gasteiger partial charge is 0.379 e. The molecule has 0 spiro atoms. The van der Waals surface area contributed by atoms with Crippen LogP contribution >= 0.6 is 0 Å². The molecule has 0 atom stereocenters. The maximum atomic E-state index is 5.24. The summed E-state index contributed by atoms with van der Waals surface area (Å²) in [7, 11) is 4.11. The summed E-state index contributed by atoms with van der Waals surface area (Å²) in [5.74, 6) is 0. The summed E-state index contributed by atoms with van der Waals surface area (Å²) >= 11 is 0. The first kappa shape index (κ1) is 20.2. The zero-order valence-corrected chi connectivity index (χ0v) is 13.5. The van der Waals surface area contributed by atoms with E-state index in [1.54, 1.807) is 0 Å². The normalized spacial score (nSPS) is 15.5. The lowest BCUT2D eigenvalue weighted by Crippen LogP contribution is -2.40. The smallest absolute Gasteiger partial charge is 0.0594 e. The highest BCUT2D eigenvalue weighted by molar-refractivity contribution is 4.62. The first-order chi connectivity index (χ1) is 8.70. The van der Waals surface area contributed by atoms with E-state index in [0.29, 0.717) is 0 Å². The van der Waals surface area contributed by atoms with E-state index >= 15 is 0 Å². The molecule has 112 valence electrons. The van der Waals surface area contributed by atoms with Crippen molar-refractivity contribution in [3.63, 3.8) is 0 Å². The van der Waals surface area contributed by atoms with Crippen LogP contribution in [0.2, 0.25) is 0 Å². The van der Waals surface area contributed by atoms with Gasteiger partial charge in [0, 0.05) is 26.2 Å². The van der Waals surface area contributed by atoms with Crippen LogP contribution < -0.4 is 5.32 Å². The maximum Gasteiger partial charge on any atom is 0.0594 e. The van der Waals surface area contributed by atoms with Crippen LogP contribution in [0.15, 0.2) is 0 Å². The fourth-order valence-electron chi connectivity index (χ4n) is 1.24. The van der Waals surface area contributed by atoms with E-state index < -0.39 is 0 Å². The Morgan fingerprint density at radius 2 is 1.61 bits per heavy atom. The minimum atomic E-state index is 0.909. The van der Waals surface area contributed by atoms with Crippen molar-refractivity contribution in [1.82, 2.24) is 15.1 Å². The van der Waals surface area contributed by atoms with Crippen molar-refractivity contribution in [2.75, 3.05) is 66.6 Å². The van der Waals surface area contributed by atoms with Crippen LogP contribution in [0.5, 0.6) is 0 Å². The molecule has 0 unspecified atom stereocenters. The first-order valence-electron chi connectivity index (χ1n) is 7.36. The summed E-state index contributed by atoms with van der Waals surface area (Å²) < 4.78 is 5.24. The number of morpholine rings is 1. The molecule has 4 heteroatoms. The van der Waals surface area contributed by atoms with Gasteiger partial charge in [0.15, 0.2) is 0 Å². The molecular formula is C14H35N3O. The van der Waals surface area contributed by atoms with Crippen LogP contribution in [-0.4, -0.2) is 76.4 Å². The van der Waals surface area contributed by atoms with Gasteiger partial charge < -0.3 is 15.0 Å². The second kappa shape index (κ2) is 16.8. The summed E-state index contributed by atoms with van der Waals surface area (Å²) in [4.78, 5) is 4.56. The van der Waals surface area contributed by atoms with Gasteiger partial charge in [-0.05, 0) is 27.2 Å². The average Bonchev–Trinajstić information content (AvgIpc) is 2.43. The number of nitrogens with zero attached hydrogens (tertiary/aromatic N) is 2. The third-order valence-corrected chi connectivity index (χ3v) is 2.59. The number of rotatable bonds is 5. The lowest BCUT2D eigenvalue weighted by atomic mass is 10.4. The third kappa shape index (κ3) is 15.8. The van der Waals surface area contributed by atoms with Gasteiger partial charge in [0.25, 0.3) is 0 Å². The van der Waals surface area contributed by atoms with E-state index in [1.165, 1.54) is 0 Å². The Morgan fingerprint density at radius 3 is 2.00 bits per heavy atom. The van der Waals surface area contributed by atoms with E-state index in [2.05, 4.69) is 43.1 Å². The molecule has 1 aliphatic rings. The van der Waals surface area contributed by atoms with Gasteiger partial charge in [0.1, 0.15) is 0 Å². The molecule has 0 saturated carbocycles. The first-order valence-corrected chi connectivity index (χ1v) is 7.36. The van der Waals surface area contributed by atoms with Gasteiger partial charge in [0.05, 0.1) is 13.2 Å². The van der Waals surface area contributed by atoms with Crippen molar-refractivity contribution in [2.24, 2.45) is 0 Å². The second-order valence-electron chi connectivity index (χ2n) is 4.20. The minimum Gasteiger partial charge on any atom is -0.379 e. The molecule has 1 fully saturated rings. The van der Waals surface area contributed by atoms with E-state index in [9.17, 15) is 0 Å². The highest BCUT2D eigenvalue weighted by Crippen LogP contribution is 1.94. The Morgan fingerprint density at radius 1 is 1.11 bits per heavy atom. The maximum absolute atomic E-state index is 5.24. The average molecular weight is 261 g/mol. The molecule has 0 aromatic rings. The van der Waals surface area contributed by atoms with Crippen molar-refractivity contribution in [1.29, 1.82) is 0 Å². The van der Waals surface area contributed by atoms with Crippen LogP contribution in [-0.2, 0) is 4.74 Å². The molecular weight excluding hydrogens is 226 g/mol. The molecule has 1 heterocycles. The second-order valence-corrected chi connectivity index (χ2v) is 4.20. The van der Waals surface area contributed by atoms with Crippen molar-refractivity contribution in [2.45, 2.75) is 27.7 Å². The fraction of sp³-hybridized carbons (Fsp3) is 1.00. The highest BCUT2D eigenvalue weighted by Gasteiger charge is 2.08. The third-order valence-electron chi connectivity index (χ3n) is 2.59. The Kier molecular flexibility index (Phi) is 18.9. The topological polar surface area (TPSA) is 27.7 Å². The van der Waals surface area contributed by atoms with Crippen LogP contribution in [0.4, 0.5) is 0 Å². The molecule has 18 heavy (non-hydrogen) atoms. The van der Waals surface area contributed by atoms with Gasteiger partial charge >= 0.3 is 0 Å². The molecule has 0 radical (unpaired) electrons. The zero-order valence-electron chi connectivity index (χ0n) is 13.5. The zero-order chi connectivity index (χ0) is 14.2. The van der Waals surface area contributed by atoms with Crippen molar-refractivity contribution in [3.05, 3.63) is 0 Å². The van der Waals surface area contributed by atoms with E-state index in [-0.39, 0.29) is 0 Å². The summed E-state index contributed by atoms with van der Waals surface area (Å²) in [6.07, 6.45) is 0. The fourth-order valence-corrected chi connectivity index (χ4v) is 1.24. The number of hydrogen-bond acceptors (Lipinski definition) is 4. The SMILES string of the molecule is CC.CCN(C)C.CCNCCN1CCOCC1. The van der Waals surface area contributed by atoms with Gasteiger partial charge in [-0.2, -0.15) is 0 Å². The number of likely N-dealkylation sites (N-methyl/N-ethyl adjacent to an activating group) is 1. The highest BCUT2D eigenvalue weighted by atomic mass is 16.5. The molecule has 1 aliphatic heterocycles. The van der Waals surface area contributed by atoms with Crippen molar-refractivity contribution in [3.8, 4) is 0 Å². The summed E-state index contributed by atoms with van der Waals surface area (Å²) in [6, 6.07) is 0. The Balaban J connectivity index is 0. The number of nitrogens with one attached hydrogen (secondary N) is 1. The van der Waals surface area contributed by atoms with Gasteiger partial charge in [-0.3, -0.25) is 4.90 Å². The Labute approximate surface area is 115 Å². The molecule has 0 bridgehead atoms. The summed E-state index contributed by atoms with van der Waals surface area (Å²) in [5.41, 5.74) is 0. The van der Waals surface area contributed by atoms with Gasteiger partial charge in [0.2, 0.25) is 0 Å². The van der Waals surface area contributed by atoms with Crippen molar-refractivity contribution >= 4 is 0 Å². The summed E-state index contributed by atoms with van der Waals surface area (Å²) in [6.45, 7) is 16.8. The summed E-state index contributed by atoms with van der Waals surface area (Å²) in [5, 5.41) is 3.31. The minimum absolute atomic E-state index is 0.909. The van der Waals surface area contributed by atoms with E-state index in [4.69, 9.17) is 4.74 Å². The predicted octanol–water partition coefficient (Wildman–Crippen LogP) is 1.52. The Bertz CT molecular complexity index is 137. The molecule has 0 amide bonds. The van der Waals surface area contributed by atoms with Gasteiger partial charge in [-0.25, -0.2) is 0 Å². The van der Waals surface area contributed by atoms with Crippen LogP contribution in [0.3, 0.4) is 0 Å². The quantitative estimate of drug-likeness (QED) is 0.760. The molecule has 4 nitrogen and oxygen atoms in total. The molecule has 1 rings (SSSR count). The van der Waals surface area contributed by atoms with Crippen LogP contribution in [0, 0.1) is 0 Å². The standard InChI is InChI=1S/C8H18N2O.C4H11N.C2H6/c1-2-9-3-4-10-5-7-11-8-6-10;1-4-5(2)3;1-2/h9H,2-8H2,1H3;4H2,1-3H3;1-2H3. The lowest BCUT2D eigenvalue weighted by Gasteiger charge is -2.26. The van der Waals surface area contributed by atoms with Gasteiger partial charge in [-0.15, -0.1) is 0 Å². The lowest BCUT2D eigenvalue weighted by molar-refractivity contribution is 0.0385. The molecule has 0 aliphatic carbocycles. The van der Waals surface area contributed by atoms with Crippen molar-refractivity contribution < 1.29 is 4.74 Å². The number of hydrogen-bond donors (Lipinski definition) is 1. The van der Waals surface area contributed by atoms with E-state index in [1.807, 2.05) is 13.8 Å². The Hall–Kier alpha value is -0.160. The molecule has 0 aromatic heterocycles. The number of ether oxygens (including phenoxy) is 1. The van der Waals surface area contributed by atoms with Crippen LogP contribution in [0.25, 0.3) is 0 Å². The molecule has 1 N–H and O–H groups in total. The van der Waals surface area contributed by atoms with E-state index in [0.717, 1.165) is 52.5 Å².